The molecule has 0 saturated heterocycles. The first-order valence-corrected chi connectivity index (χ1v) is 5.32. The minimum absolute atomic E-state index is 0.635. The van der Waals surface area contributed by atoms with Gasteiger partial charge in [-0.3, -0.25) is 4.98 Å². The summed E-state index contributed by atoms with van der Waals surface area (Å²) in [6.07, 6.45) is 3.29. The molecule has 0 atom stereocenters. The fourth-order valence-electron chi connectivity index (χ4n) is 1.35. The summed E-state index contributed by atoms with van der Waals surface area (Å²) in [7, 11) is 0. The first-order chi connectivity index (χ1) is 7.26. The van der Waals surface area contributed by atoms with Crippen molar-refractivity contribution in [2.75, 3.05) is 32.0 Å². The maximum atomic E-state index is 5.59. The summed E-state index contributed by atoms with van der Waals surface area (Å²) in [6.45, 7) is 8.00. The van der Waals surface area contributed by atoms with Crippen LogP contribution >= 0.6 is 0 Å². The van der Waals surface area contributed by atoms with E-state index in [1.807, 2.05) is 0 Å². The third kappa shape index (κ3) is 4.16. The Kier molecular flexibility index (Phi) is 4.90. The van der Waals surface area contributed by atoms with Gasteiger partial charge in [0.05, 0.1) is 18.1 Å². The molecule has 0 fully saturated rings. The standard InChI is InChI=1S/C11H19N3O/c1-3-14(4-2)5-6-15-11-7-10(12)8-13-9-11/h7-9H,3-6,12H2,1-2H3. The molecule has 0 radical (unpaired) electrons. The molecule has 0 bridgehead atoms. The lowest BCUT2D eigenvalue weighted by Gasteiger charge is -2.17. The minimum Gasteiger partial charge on any atom is -0.491 e. The van der Waals surface area contributed by atoms with E-state index in [1.165, 1.54) is 0 Å². The zero-order valence-electron chi connectivity index (χ0n) is 9.44. The molecule has 1 heterocycles. The first-order valence-electron chi connectivity index (χ1n) is 5.32. The molecule has 1 aromatic heterocycles. The second kappa shape index (κ2) is 6.24. The minimum atomic E-state index is 0.635. The van der Waals surface area contributed by atoms with Gasteiger partial charge in [-0.25, -0.2) is 0 Å². The van der Waals surface area contributed by atoms with E-state index >= 15 is 0 Å². The average Bonchev–Trinajstić information content (AvgIpc) is 2.25. The number of ether oxygens (including phenoxy) is 1. The second-order valence-electron chi connectivity index (χ2n) is 3.33. The number of nitrogens with zero attached hydrogens (tertiary/aromatic N) is 2. The molecule has 15 heavy (non-hydrogen) atoms. The van der Waals surface area contributed by atoms with Gasteiger partial charge in [0.1, 0.15) is 12.4 Å². The summed E-state index contributed by atoms with van der Waals surface area (Å²) in [6, 6.07) is 1.79. The number of likely N-dealkylation sites (N-methyl/N-ethyl adjacent to an activating group) is 1. The fourth-order valence-corrected chi connectivity index (χ4v) is 1.35. The van der Waals surface area contributed by atoms with Gasteiger partial charge < -0.3 is 15.4 Å². The van der Waals surface area contributed by atoms with Crippen molar-refractivity contribution >= 4 is 5.69 Å². The molecule has 84 valence electrons. The molecule has 0 unspecified atom stereocenters. The number of anilines is 1. The molecule has 0 aliphatic carbocycles. The van der Waals surface area contributed by atoms with Crippen LogP contribution in [0.5, 0.6) is 5.75 Å². The Morgan fingerprint density at radius 1 is 1.33 bits per heavy atom. The maximum absolute atomic E-state index is 5.59. The zero-order valence-corrected chi connectivity index (χ0v) is 9.44. The van der Waals surface area contributed by atoms with Gasteiger partial charge in [-0.15, -0.1) is 0 Å². The van der Waals surface area contributed by atoms with Crippen LogP contribution in [0.4, 0.5) is 5.69 Å². The third-order valence-electron chi connectivity index (χ3n) is 2.30. The Hall–Kier alpha value is -1.29. The summed E-state index contributed by atoms with van der Waals surface area (Å²) in [5, 5.41) is 0. The number of nitrogens with two attached hydrogens (primary N) is 1. The summed E-state index contributed by atoms with van der Waals surface area (Å²) < 4.78 is 5.54. The zero-order chi connectivity index (χ0) is 11.1. The second-order valence-corrected chi connectivity index (χ2v) is 3.33. The van der Waals surface area contributed by atoms with Gasteiger partial charge in [-0.2, -0.15) is 0 Å². The molecular weight excluding hydrogens is 190 g/mol. The third-order valence-corrected chi connectivity index (χ3v) is 2.30. The SMILES string of the molecule is CCN(CC)CCOc1cncc(N)c1. The quantitative estimate of drug-likeness (QED) is 0.769. The lowest BCUT2D eigenvalue weighted by molar-refractivity contribution is 0.222. The Bertz CT molecular complexity index is 287. The Morgan fingerprint density at radius 3 is 2.67 bits per heavy atom. The summed E-state index contributed by atoms with van der Waals surface area (Å²) in [4.78, 5) is 6.26. The molecule has 4 nitrogen and oxygen atoms in total. The molecule has 0 amide bonds. The van der Waals surface area contributed by atoms with Crippen LogP contribution in [-0.4, -0.2) is 36.1 Å². The van der Waals surface area contributed by atoms with Crippen molar-refractivity contribution in [2.24, 2.45) is 0 Å². The van der Waals surface area contributed by atoms with Crippen molar-refractivity contribution in [3.05, 3.63) is 18.5 Å². The fraction of sp³-hybridized carbons (Fsp3) is 0.545. The number of nitrogen functional groups attached to an aromatic ring is 1. The van der Waals surface area contributed by atoms with Crippen LogP contribution in [0.2, 0.25) is 0 Å². The highest BCUT2D eigenvalue weighted by molar-refractivity contribution is 5.39. The van der Waals surface area contributed by atoms with Gasteiger partial charge in [-0.1, -0.05) is 13.8 Å². The van der Waals surface area contributed by atoms with Crippen LogP contribution in [0.25, 0.3) is 0 Å². The monoisotopic (exact) mass is 209 g/mol. The van der Waals surface area contributed by atoms with Crippen molar-refractivity contribution in [3.63, 3.8) is 0 Å². The highest BCUT2D eigenvalue weighted by atomic mass is 16.5. The van der Waals surface area contributed by atoms with E-state index in [0.717, 1.165) is 25.4 Å². The summed E-state index contributed by atoms with van der Waals surface area (Å²) in [5.41, 5.74) is 6.22. The Morgan fingerprint density at radius 2 is 2.07 bits per heavy atom. The summed E-state index contributed by atoms with van der Waals surface area (Å²) >= 11 is 0. The predicted octanol–water partition coefficient (Wildman–Crippen LogP) is 1.38. The van der Waals surface area contributed by atoms with Crippen LogP contribution < -0.4 is 10.5 Å². The van der Waals surface area contributed by atoms with Crippen molar-refractivity contribution < 1.29 is 4.74 Å². The lowest BCUT2D eigenvalue weighted by atomic mass is 10.4. The molecule has 0 saturated carbocycles. The highest BCUT2D eigenvalue weighted by Crippen LogP contribution is 2.11. The van der Waals surface area contributed by atoms with Crippen LogP contribution in [0, 0.1) is 0 Å². The van der Waals surface area contributed by atoms with Crippen LogP contribution in [0.1, 0.15) is 13.8 Å². The number of aromatic nitrogens is 1. The predicted molar refractivity (Wildman–Crippen MR) is 61.9 cm³/mol. The topological polar surface area (TPSA) is 51.4 Å². The highest BCUT2D eigenvalue weighted by Gasteiger charge is 1.99. The van der Waals surface area contributed by atoms with E-state index in [1.54, 1.807) is 18.5 Å². The number of hydrogen-bond acceptors (Lipinski definition) is 4. The molecule has 0 aliphatic heterocycles. The van der Waals surface area contributed by atoms with E-state index in [0.29, 0.717) is 12.3 Å². The van der Waals surface area contributed by atoms with Gasteiger partial charge in [0.15, 0.2) is 0 Å². The van der Waals surface area contributed by atoms with E-state index in [4.69, 9.17) is 10.5 Å². The largest absolute Gasteiger partial charge is 0.491 e. The van der Waals surface area contributed by atoms with E-state index in [2.05, 4.69) is 23.7 Å². The van der Waals surface area contributed by atoms with Gasteiger partial charge in [-0.05, 0) is 13.1 Å². The smallest absolute Gasteiger partial charge is 0.139 e. The molecular formula is C11H19N3O. The summed E-state index contributed by atoms with van der Waals surface area (Å²) in [5.74, 6) is 0.738. The molecule has 1 rings (SSSR count). The first kappa shape index (κ1) is 11.8. The Balaban J connectivity index is 2.31. The van der Waals surface area contributed by atoms with Crippen LogP contribution in [0.3, 0.4) is 0 Å². The molecule has 0 aliphatic rings. The number of hydrogen-bond donors (Lipinski definition) is 1. The molecule has 0 aromatic carbocycles. The Labute approximate surface area is 91.1 Å². The van der Waals surface area contributed by atoms with Gasteiger partial charge in [0.2, 0.25) is 0 Å². The number of pyridine rings is 1. The van der Waals surface area contributed by atoms with Crippen molar-refractivity contribution in [3.8, 4) is 5.75 Å². The molecule has 2 N–H and O–H groups in total. The van der Waals surface area contributed by atoms with Crippen molar-refractivity contribution in [1.82, 2.24) is 9.88 Å². The van der Waals surface area contributed by atoms with Crippen LogP contribution in [0.15, 0.2) is 18.5 Å². The van der Waals surface area contributed by atoms with Gasteiger partial charge >= 0.3 is 0 Å². The van der Waals surface area contributed by atoms with E-state index in [9.17, 15) is 0 Å². The normalized spacial score (nSPS) is 10.6. The van der Waals surface area contributed by atoms with E-state index < -0.39 is 0 Å². The molecule has 1 aromatic rings. The van der Waals surface area contributed by atoms with Crippen molar-refractivity contribution in [2.45, 2.75) is 13.8 Å². The average molecular weight is 209 g/mol. The van der Waals surface area contributed by atoms with Crippen molar-refractivity contribution in [1.29, 1.82) is 0 Å². The lowest BCUT2D eigenvalue weighted by Crippen LogP contribution is -2.27. The van der Waals surface area contributed by atoms with Crippen LogP contribution in [-0.2, 0) is 0 Å². The van der Waals surface area contributed by atoms with Gasteiger partial charge in [0.25, 0.3) is 0 Å². The molecule has 0 spiro atoms. The molecule has 4 heteroatoms. The van der Waals surface area contributed by atoms with E-state index in [-0.39, 0.29) is 0 Å². The maximum Gasteiger partial charge on any atom is 0.139 e. The van der Waals surface area contributed by atoms with Gasteiger partial charge in [0, 0.05) is 12.6 Å². The number of rotatable bonds is 6.